The molecular formula is C16H17NO4S. The van der Waals surface area contributed by atoms with Crippen molar-refractivity contribution >= 4 is 9.84 Å². The van der Waals surface area contributed by atoms with Crippen molar-refractivity contribution in [2.24, 2.45) is 5.73 Å². The number of benzene rings is 2. The maximum absolute atomic E-state index is 12.6. The lowest BCUT2D eigenvalue weighted by Crippen LogP contribution is -2.31. The van der Waals surface area contributed by atoms with E-state index in [0.29, 0.717) is 31.1 Å². The summed E-state index contributed by atoms with van der Waals surface area (Å²) in [4.78, 5) is 0.444. The summed E-state index contributed by atoms with van der Waals surface area (Å²) in [5.74, 6) is 1.00. The van der Waals surface area contributed by atoms with Crippen molar-refractivity contribution in [2.75, 3.05) is 13.2 Å². The third-order valence-electron chi connectivity index (χ3n) is 3.49. The summed E-state index contributed by atoms with van der Waals surface area (Å²) < 4.78 is 36.6. The first-order chi connectivity index (χ1) is 10.6. The van der Waals surface area contributed by atoms with Gasteiger partial charge in [-0.05, 0) is 37.2 Å². The monoisotopic (exact) mass is 319 g/mol. The van der Waals surface area contributed by atoms with Crippen molar-refractivity contribution in [3.8, 4) is 11.5 Å². The van der Waals surface area contributed by atoms with Crippen molar-refractivity contribution in [3.63, 3.8) is 0 Å². The van der Waals surface area contributed by atoms with Crippen LogP contribution >= 0.6 is 0 Å². The predicted octanol–water partition coefficient (Wildman–Crippen LogP) is 2.01. The molecule has 1 atom stereocenters. The van der Waals surface area contributed by atoms with Gasteiger partial charge in [0.05, 0.1) is 9.79 Å². The maximum Gasteiger partial charge on any atom is 0.206 e. The van der Waals surface area contributed by atoms with Crippen LogP contribution in [0.2, 0.25) is 0 Å². The van der Waals surface area contributed by atoms with Crippen LogP contribution < -0.4 is 15.2 Å². The molecule has 0 aliphatic carbocycles. The van der Waals surface area contributed by atoms with E-state index in [4.69, 9.17) is 15.2 Å². The highest BCUT2D eigenvalue weighted by Crippen LogP contribution is 2.35. The Morgan fingerprint density at radius 3 is 2.55 bits per heavy atom. The van der Waals surface area contributed by atoms with E-state index in [1.54, 1.807) is 36.4 Å². The molecule has 0 aromatic heterocycles. The number of sulfone groups is 1. The first kappa shape index (κ1) is 14.9. The summed E-state index contributed by atoms with van der Waals surface area (Å²) in [6.07, 6.45) is 0.516. The van der Waals surface area contributed by atoms with Gasteiger partial charge in [0.15, 0.2) is 11.5 Å². The molecule has 5 nitrogen and oxygen atoms in total. The minimum atomic E-state index is -3.56. The summed E-state index contributed by atoms with van der Waals surface area (Å²) in [6, 6.07) is 13.0. The summed E-state index contributed by atoms with van der Waals surface area (Å²) >= 11 is 0. The lowest BCUT2D eigenvalue weighted by atomic mass is 10.2. The van der Waals surface area contributed by atoms with Gasteiger partial charge in [-0.2, -0.15) is 0 Å². The molecule has 22 heavy (non-hydrogen) atoms. The van der Waals surface area contributed by atoms with Gasteiger partial charge in [0.2, 0.25) is 9.84 Å². The normalized spacial score (nSPS) is 17.2. The summed E-state index contributed by atoms with van der Waals surface area (Å²) in [6.45, 7) is 0.917. The van der Waals surface area contributed by atoms with Crippen LogP contribution in [0.5, 0.6) is 11.5 Å². The molecule has 0 bridgehead atoms. The second kappa shape index (κ2) is 5.98. The number of hydrogen-bond donors (Lipinski definition) is 1. The van der Waals surface area contributed by atoms with E-state index in [9.17, 15) is 8.42 Å². The average molecular weight is 319 g/mol. The van der Waals surface area contributed by atoms with E-state index in [-0.39, 0.29) is 15.9 Å². The lowest BCUT2D eigenvalue weighted by molar-refractivity contribution is 0.0862. The van der Waals surface area contributed by atoms with Crippen molar-refractivity contribution < 1.29 is 17.9 Å². The molecule has 0 saturated carbocycles. The van der Waals surface area contributed by atoms with Crippen molar-refractivity contribution in [1.29, 1.82) is 0 Å². The fourth-order valence-corrected chi connectivity index (χ4v) is 3.62. The summed E-state index contributed by atoms with van der Waals surface area (Å²) in [5.41, 5.74) is 5.52. The molecule has 1 aliphatic rings. The molecule has 0 saturated heterocycles. The zero-order valence-electron chi connectivity index (χ0n) is 11.9. The average Bonchev–Trinajstić information content (AvgIpc) is 2.55. The minimum Gasteiger partial charge on any atom is -0.486 e. The van der Waals surface area contributed by atoms with Gasteiger partial charge in [-0.1, -0.05) is 18.2 Å². The molecule has 0 amide bonds. The minimum absolute atomic E-state index is 0.146. The van der Waals surface area contributed by atoms with Gasteiger partial charge in [-0.15, -0.1) is 0 Å². The molecule has 116 valence electrons. The molecule has 6 heteroatoms. The van der Waals surface area contributed by atoms with Gasteiger partial charge in [-0.3, -0.25) is 0 Å². The Hall–Kier alpha value is -2.05. The lowest BCUT2D eigenvalue weighted by Gasteiger charge is -2.26. The predicted molar refractivity (Wildman–Crippen MR) is 81.9 cm³/mol. The van der Waals surface area contributed by atoms with E-state index in [1.165, 1.54) is 12.1 Å². The Kier molecular flexibility index (Phi) is 4.04. The van der Waals surface area contributed by atoms with Gasteiger partial charge in [-0.25, -0.2) is 8.42 Å². The molecule has 1 heterocycles. The standard InChI is InChI=1S/C16H17NO4S/c17-9-8-12-11-20-15-7-6-14(10-16(15)21-12)22(18,19)13-4-2-1-3-5-13/h1-7,10,12H,8-9,11,17H2/t12-/m1/s1. The highest BCUT2D eigenvalue weighted by atomic mass is 32.2. The summed E-state index contributed by atoms with van der Waals surface area (Å²) in [7, 11) is -3.56. The Bertz CT molecular complexity index is 759. The molecule has 2 aromatic rings. The van der Waals surface area contributed by atoms with E-state index in [2.05, 4.69) is 0 Å². The first-order valence-corrected chi connectivity index (χ1v) is 8.53. The fourth-order valence-electron chi connectivity index (χ4n) is 2.33. The number of hydrogen-bond acceptors (Lipinski definition) is 5. The zero-order valence-corrected chi connectivity index (χ0v) is 12.8. The second-order valence-corrected chi connectivity index (χ2v) is 7.00. The highest BCUT2D eigenvalue weighted by molar-refractivity contribution is 7.91. The molecule has 0 unspecified atom stereocenters. The molecule has 3 rings (SSSR count). The van der Waals surface area contributed by atoms with Crippen LogP contribution in [0.1, 0.15) is 6.42 Å². The number of ether oxygens (including phenoxy) is 2. The van der Waals surface area contributed by atoms with Crippen LogP contribution in [0, 0.1) is 0 Å². The summed E-state index contributed by atoms with van der Waals surface area (Å²) in [5, 5.41) is 0. The molecule has 0 radical (unpaired) electrons. The van der Waals surface area contributed by atoms with Gasteiger partial charge in [0.25, 0.3) is 0 Å². The van der Waals surface area contributed by atoms with E-state index in [1.807, 2.05) is 0 Å². The molecule has 2 N–H and O–H groups in total. The maximum atomic E-state index is 12.6. The third-order valence-corrected chi connectivity index (χ3v) is 5.25. The van der Waals surface area contributed by atoms with Crippen molar-refractivity contribution in [1.82, 2.24) is 0 Å². The zero-order chi connectivity index (χ0) is 15.6. The Morgan fingerprint density at radius 2 is 1.82 bits per heavy atom. The number of fused-ring (bicyclic) bond motifs is 1. The van der Waals surface area contributed by atoms with Crippen LogP contribution in [0.3, 0.4) is 0 Å². The highest BCUT2D eigenvalue weighted by Gasteiger charge is 2.24. The van der Waals surface area contributed by atoms with Crippen LogP contribution in [-0.2, 0) is 9.84 Å². The number of nitrogens with two attached hydrogens (primary N) is 1. The van der Waals surface area contributed by atoms with Crippen LogP contribution in [-0.4, -0.2) is 27.7 Å². The SMILES string of the molecule is NCC[C@@H]1COc2ccc(S(=O)(=O)c3ccccc3)cc2O1. The van der Waals surface area contributed by atoms with Gasteiger partial charge >= 0.3 is 0 Å². The Labute approximate surface area is 129 Å². The molecule has 0 spiro atoms. The Balaban J connectivity index is 1.95. The van der Waals surface area contributed by atoms with Crippen molar-refractivity contribution in [3.05, 3.63) is 48.5 Å². The smallest absolute Gasteiger partial charge is 0.206 e. The van der Waals surface area contributed by atoms with Crippen LogP contribution in [0.25, 0.3) is 0 Å². The van der Waals surface area contributed by atoms with E-state index < -0.39 is 9.84 Å². The topological polar surface area (TPSA) is 78.6 Å². The van der Waals surface area contributed by atoms with Crippen molar-refractivity contribution in [2.45, 2.75) is 22.3 Å². The quantitative estimate of drug-likeness (QED) is 0.932. The molecule has 1 aliphatic heterocycles. The molecule has 0 fully saturated rings. The van der Waals surface area contributed by atoms with Gasteiger partial charge in [0, 0.05) is 6.07 Å². The van der Waals surface area contributed by atoms with E-state index >= 15 is 0 Å². The van der Waals surface area contributed by atoms with Gasteiger partial charge < -0.3 is 15.2 Å². The second-order valence-electron chi connectivity index (χ2n) is 5.05. The number of rotatable bonds is 4. The van der Waals surface area contributed by atoms with E-state index in [0.717, 1.165) is 0 Å². The van der Waals surface area contributed by atoms with Crippen LogP contribution in [0.15, 0.2) is 58.3 Å². The Morgan fingerprint density at radius 1 is 1.05 bits per heavy atom. The fraction of sp³-hybridized carbons (Fsp3) is 0.250. The molecular weight excluding hydrogens is 302 g/mol. The first-order valence-electron chi connectivity index (χ1n) is 7.05. The molecule has 2 aromatic carbocycles. The largest absolute Gasteiger partial charge is 0.486 e. The van der Waals surface area contributed by atoms with Gasteiger partial charge in [0.1, 0.15) is 12.7 Å². The third kappa shape index (κ3) is 2.80. The van der Waals surface area contributed by atoms with Crippen LogP contribution in [0.4, 0.5) is 0 Å².